The van der Waals surface area contributed by atoms with Gasteiger partial charge in [-0.25, -0.2) is 0 Å². The monoisotopic (exact) mass is 236 g/mol. The Morgan fingerprint density at radius 2 is 2.12 bits per heavy atom. The van der Waals surface area contributed by atoms with Crippen molar-refractivity contribution in [1.82, 2.24) is 0 Å². The Morgan fingerprint density at radius 1 is 1.25 bits per heavy atom. The highest BCUT2D eigenvalue weighted by Gasteiger charge is 2.30. The van der Waals surface area contributed by atoms with Gasteiger partial charge in [-0.3, -0.25) is 0 Å². The van der Waals surface area contributed by atoms with Crippen molar-refractivity contribution in [2.75, 3.05) is 11.4 Å². The summed E-state index contributed by atoms with van der Waals surface area (Å²) in [6, 6.07) is 7.28. The third kappa shape index (κ3) is 1.70. The minimum atomic E-state index is 0.331. The summed E-state index contributed by atoms with van der Waals surface area (Å²) in [4.78, 5) is 2.49. The second kappa shape index (κ2) is 3.94. The van der Waals surface area contributed by atoms with Gasteiger partial charge in [0.2, 0.25) is 0 Å². The molecule has 0 saturated carbocycles. The Balaban J connectivity index is 1.97. The molecule has 0 amide bonds. The number of nitrogens with zero attached hydrogens (tertiary/aromatic N) is 1. The van der Waals surface area contributed by atoms with Gasteiger partial charge in [-0.1, -0.05) is 11.6 Å². The van der Waals surface area contributed by atoms with Crippen molar-refractivity contribution in [1.29, 1.82) is 0 Å². The molecule has 0 spiro atoms. The molecule has 2 N–H and O–H groups in total. The number of anilines is 1. The van der Waals surface area contributed by atoms with Crippen molar-refractivity contribution >= 4 is 17.3 Å². The van der Waals surface area contributed by atoms with E-state index in [1.165, 1.54) is 30.5 Å². The average molecular weight is 237 g/mol. The largest absolute Gasteiger partial charge is 0.367 e. The van der Waals surface area contributed by atoms with Crippen LogP contribution in [0, 0.1) is 0 Å². The smallest absolute Gasteiger partial charge is 0.0410 e. The van der Waals surface area contributed by atoms with Gasteiger partial charge in [-0.15, -0.1) is 0 Å². The molecule has 1 aromatic rings. The molecule has 0 aromatic heterocycles. The summed E-state index contributed by atoms with van der Waals surface area (Å²) in [6.45, 7) is 0.999. The molecule has 16 heavy (non-hydrogen) atoms. The fraction of sp³-hybridized carbons (Fsp3) is 0.538. The van der Waals surface area contributed by atoms with Crippen LogP contribution in [0.4, 0.5) is 5.69 Å². The molecule has 0 bridgehead atoms. The summed E-state index contributed by atoms with van der Waals surface area (Å²) >= 11 is 6.04. The normalized spacial score (nSPS) is 28.5. The van der Waals surface area contributed by atoms with Gasteiger partial charge in [-0.2, -0.15) is 0 Å². The molecule has 2 nitrogen and oxygen atoms in total. The predicted octanol–water partition coefficient (Wildman–Crippen LogP) is 2.58. The molecule has 1 fully saturated rings. The summed E-state index contributed by atoms with van der Waals surface area (Å²) in [5, 5.41) is 0.846. The number of hydrogen-bond donors (Lipinski definition) is 1. The molecule has 2 heterocycles. The molecule has 2 aliphatic rings. The van der Waals surface area contributed by atoms with Crippen LogP contribution in [0.25, 0.3) is 0 Å². The summed E-state index contributed by atoms with van der Waals surface area (Å²) < 4.78 is 0. The number of fused-ring (bicyclic) bond motifs is 3. The van der Waals surface area contributed by atoms with Crippen LogP contribution in [-0.4, -0.2) is 18.6 Å². The lowest BCUT2D eigenvalue weighted by atomic mass is 9.88. The molecule has 3 rings (SSSR count). The van der Waals surface area contributed by atoms with Crippen LogP contribution in [0.1, 0.15) is 24.8 Å². The van der Waals surface area contributed by atoms with Crippen molar-refractivity contribution in [2.24, 2.45) is 5.73 Å². The summed E-state index contributed by atoms with van der Waals surface area (Å²) in [5.41, 5.74) is 8.81. The lowest BCUT2D eigenvalue weighted by molar-refractivity contribution is 0.390. The molecule has 2 atom stereocenters. The molecule has 2 aliphatic heterocycles. The molecule has 1 saturated heterocycles. The standard InChI is InChI=1S/C13H17ClN2/c14-10-2-6-13-9(7-10)1-4-12-5-3-11(15)8-16(12)13/h2,6-7,11-12H,1,3-5,8,15H2. The van der Waals surface area contributed by atoms with E-state index in [1.54, 1.807) is 0 Å². The fourth-order valence-electron chi connectivity index (χ4n) is 3.01. The van der Waals surface area contributed by atoms with Gasteiger partial charge in [0.15, 0.2) is 0 Å². The lowest BCUT2D eigenvalue weighted by Gasteiger charge is -2.44. The maximum atomic E-state index is 6.06. The number of hydrogen-bond acceptors (Lipinski definition) is 2. The van der Waals surface area contributed by atoms with Gasteiger partial charge in [0.25, 0.3) is 0 Å². The van der Waals surface area contributed by atoms with E-state index in [-0.39, 0.29) is 0 Å². The van der Waals surface area contributed by atoms with E-state index >= 15 is 0 Å². The highest BCUT2D eigenvalue weighted by molar-refractivity contribution is 6.30. The quantitative estimate of drug-likeness (QED) is 0.750. The number of nitrogens with two attached hydrogens (primary N) is 1. The lowest BCUT2D eigenvalue weighted by Crippen LogP contribution is -2.50. The number of halogens is 1. The van der Waals surface area contributed by atoms with E-state index in [2.05, 4.69) is 17.0 Å². The van der Waals surface area contributed by atoms with Crippen molar-refractivity contribution in [3.8, 4) is 0 Å². The van der Waals surface area contributed by atoms with Crippen molar-refractivity contribution in [3.63, 3.8) is 0 Å². The van der Waals surface area contributed by atoms with Gasteiger partial charge in [0.05, 0.1) is 0 Å². The molecule has 0 aliphatic carbocycles. The summed E-state index contributed by atoms with van der Waals surface area (Å²) in [7, 11) is 0. The molecular weight excluding hydrogens is 220 g/mol. The van der Waals surface area contributed by atoms with E-state index in [0.717, 1.165) is 18.0 Å². The van der Waals surface area contributed by atoms with Crippen molar-refractivity contribution in [2.45, 2.75) is 37.8 Å². The second-order valence-corrected chi connectivity index (χ2v) is 5.39. The van der Waals surface area contributed by atoms with E-state index < -0.39 is 0 Å². The van der Waals surface area contributed by atoms with Gasteiger partial charge in [-0.05, 0) is 49.4 Å². The minimum absolute atomic E-state index is 0.331. The zero-order valence-corrected chi connectivity index (χ0v) is 10.1. The Morgan fingerprint density at radius 3 is 3.00 bits per heavy atom. The van der Waals surface area contributed by atoms with Crippen LogP contribution >= 0.6 is 11.6 Å². The average Bonchev–Trinajstić information content (AvgIpc) is 2.28. The molecule has 86 valence electrons. The zero-order chi connectivity index (χ0) is 11.1. The zero-order valence-electron chi connectivity index (χ0n) is 9.32. The minimum Gasteiger partial charge on any atom is -0.367 e. The molecule has 1 aromatic carbocycles. The van der Waals surface area contributed by atoms with Crippen LogP contribution in [-0.2, 0) is 6.42 Å². The van der Waals surface area contributed by atoms with Crippen LogP contribution < -0.4 is 10.6 Å². The van der Waals surface area contributed by atoms with E-state index in [1.807, 2.05) is 6.07 Å². The predicted molar refractivity (Wildman–Crippen MR) is 68.1 cm³/mol. The third-order valence-electron chi connectivity index (χ3n) is 3.84. The Bertz CT molecular complexity index is 405. The van der Waals surface area contributed by atoms with Crippen LogP contribution in [0.5, 0.6) is 0 Å². The molecule has 2 unspecified atom stereocenters. The number of benzene rings is 1. The number of piperidine rings is 1. The first kappa shape index (κ1) is 10.4. The number of aryl methyl sites for hydroxylation is 1. The summed E-state index contributed by atoms with van der Waals surface area (Å²) in [5.74, 6) is 0. The van der Waals surface area contributed by atoms with Crippen molar-refractivity contribution in [3.05, 3.63) is 28.8 Å². The topological polar surface area (TPSA) is 29.3 Å². The molecule has 0 radical (unpaired) electrons. The highest BCUT2D eigenvalue weighted by Crippen LogP contribution is 2.36. The highest BCUT2D eigenvalue weighted by atomic mass is 35.5. The third-order valence-corrected chi connectivity index (χ3v) is 4.08. The van der Waals surface area contributed by atoms with Crippen LogP contribution in [0.2, 0.25) is 5.02 Å². The van der Waals surface area contributed by atoms with E-state index in [4.69, 9.17) is 17.3 Å². The van der Waals surface area contributed by atoms with Crippen LogP contribution in [0.3, 0.4) is 0 Å². The van der Waals surface area contributed by atoms with Gasteiger partial charge in [0, 0.05) is 29.3 Å². The Hall–Kier alpha value is -0.730. The Labute approximate surface area is 101 Å². The maximum absolute atomic E-state index is 6.06. The van der Waals surface area contributed by atoms with Gasteiger partial charge >= 0.3 is 0 Å². The van der Waals surface area contributed by atoms with Crippen molar-refractivity contribution < 1.29 is 0 Å². The van der Waals surface area contributed by atoms with E-state index in [9.17, 15) is 0 Å². The molecule has 3 heteroatoms. The van der Waals surface area contributed by atoms with E-state index in [0.29, 0.717) is 12.1 Å². The fourth-order valence-corrected chi connectivity index (χ4v) is 3.20. The number of rotatable bonds is 0. The first-order valence-corrected chi connectivity index (χ1v) is 6.42. The molecular formula is C13H17ClN2. The summed E-state index contributed by atoms with van der Waals surface area (Å²) in [6.07, 6.45) is 4.82. The van der Waals surface area contributed by atoms with Gasteiger partial charge in [0.1, 0.15) is 0 Å². The first-order valence-electron chi connectivity index (χ1n) is 6.04. The van der Waals surface area contributed by atoms with Crippen LogP contribution in [0.15, 0.2) is 18.2 Å². The second-order valence-electron chi connectivity index (χ2n) is 4.96. The Kier molecular flexibility index (Phi) is 2.56. The van der Waals surface area contributed by atoms with Gasteiger partial charge < -0.3 is 10.6 Å². The SMILES string of the molecule is NC1CCC2CCc3cc(Cl)ccc3N2C1. The maximum Gasteiger partial charge on any atom is 0.0410 e. The first-order chi connectivity index (χ1) is 7.74.